The third kappa shape index (κ3) is 3.68. The highest BCUT2D eigenvalue weighted by atomic mass is 32.2. The average molecular weight is 323 g/mol. The molecule has 2 aromatic carbocycles. The van der Waals surface area contributed by atoms with Gasteiger partial charge in [-0.15, -0.1) is 5.10 Å². The number of rotatable bonds is 4. The first-order chi connectivity index (χ1) is 11.1. The number of carbonyl (C=O) groups excluding carboxylic acids is 1. The Bertz CT molecular complexity index is 859. The van der Waals surface area contributed by atoms with E-state index in [2.05, 4.69) is 21.6 Å². The van der Waals surface area contributed by atoms with E-state index in [-0.39, 0.29) is 5.91 Å². The van der Waals surface area contributed by atoms with Crippen LogP contribution in [0.3, 0.4) is 0 Å². The van der Waals surface area contributed by atoms with E-state index in [1.54, 1.807) is 6.20 Å². The number of anilines is 1. The zero-order chi connectivity index (χ0) is 16.2. The van der Waals surface area contributed by atoms with Gasteiger partial charge in [0.15, 0.2) is 0 Å². The molecule has 5 heteroatoms. The second-order valence-electron chi connectivity index (χ2n) is 5.39. The van der Waals surface area contributed by atoms with Crippen LogP contribution in [0.15, 0.2) is 53.7 Å². The van der Waals surface area contributed by atoms with Crippen LogP contribution in [0, 0.1) is 13.8 Å². The van der Waals surface area contributed by atoms with E-state index in [0.29, 0.717) is 5.75 Å². The number of carbonyl (C=O) groups is 1. The Kier molecular flexibility index (Phi) is 4.57. The van der Waals surface area contributed by atoms with Crippen molar-refractivity contribution in [1.29, 1.82) is 0 Å². The lowest BCUT2D eigenvalue weighted by Crippen LogP contribution is -2.15. The summed E-state index contributed by atoms with van der Waals surface area (Å²) in [4.78, 5) is 12.2. The number of nitrogens with zero attached hydrogens (tertiary/aromatic N) is 2. The van der Waals surface area contributed by atoms with Gasteiger partial charge < -0.3 is 5.32 Å². The molecule has 0 aliphatic rings. The van der Waals surface area contributed by atoms with E-state index in [9.17, 15) is 4.79 Å². The number of benzene rings is 2. The molecule has 3 aromatic rings. The van der Waals surface area contributed by atoms with Crippen molar-refractivity contribution in [2.45, 2.75) is 18.9 Å². The van der Waals surface area contributed by atoms with Crippen LogP contribution in [0.2, 0.25) is 0 Å². The van der Waals surface area contributed by atoms with Gasteiger partial charge in [-0.1, -0.05) is 53.7 Å². The topological polar surface area (TPSA) is 54.9 Å². The second kappa shape index (κ2) is 6.79. The molecular weight excluding hydrogens is 306 g/mol. The lowest BCUT2D eigenvalue weighted by atomic mass is 10.1. The van der Waals surface area contributed by atoms with Crippen LogP contribution in [0.4, 0.5) is 5.69 Å². The quantitative estimate of drug-likeness (QED) is 0.738. The molecule has 23 heavy (non-hydrogen) atoms. The van der Waals surface area contributed by atoms with Gasteiger partial charge >= 0.3 is 0 Å². The summed E-state index contributed by atoms with van der Waals surface area (Å²) in [6, 6.07) is 13.9. The molecule has 0 atom stereocenters. The molecule has 0 fully saturated rings. The van der Waals surface area contributed by atoms with E-state index in [4.69, 9.17) is 0 Å². The summed E-state index contributed by atoms with van der Waals surface area (Å²) >= 11 is 1.40. The van der Waals surface area contributed by atoms with Gasteiger partial charge in [-0.05, 0) is 25.5 Å². The number of nitrogens with one attached hydrogen (secondary N) is 1. The first-order valence-electron chi connectivity index (χ1n) is 7.34. The first-order valence-corrected chi connectivity index (χ1v) is 8.32. The van der Waals surface area contributed by atoms with Crippen molar-refractivity contribution in [3.63, 3.8) is 0 Å². The summed E-state index contributed by atoms with van der Waals surface area (Å²) < 4.78 is 0. The highest BCUT2D eigenvalue weighted by molar-refractivity contribution is 8.00. The molecule has 1 N–H and O–H groups in total. The Labute approximate surface area is 139 Å². The fourth-order valence-electron chi connectivity index (χ4n) is 2.38. The average Bonchev–Trinajstić information content (AvgIpc) is 2.55. The number of fused-ring (bicyclic) bond motifs is 1. The smallest absolute Gasteiger partial charge is 0.234 e. The SMILES string of the molecule is Cc1ccc(NC(=O)CSc2nncc3ccccc23)c(C)c1. The lowest BCUT2D eigenvalue weighted by Gasteiger charge is -2.09. The molecule has 0 unspecified atom stereocenters. The highest BCUT2D eigenvalue weighted by Crippen LogP contribution is 2.25. The molecule has 0 aliphatic heterocycles. The number of hydrogen-bond donors (Lipinski definition) is 1. The molecule has 0 bridgehead atoms. The Balaban J connectivity index is 1.69. The normalized spacial score (nSPS) is 10.7. The number of aromatic nitrogens is 2. The minimum atomic E-state index is -0.0447. The van der Waals surface area contributed by atoms with Gasteiger partial charge in [0.05, 0.1) is 11.9 Å². The van der Waals surface area contributed by atoms with Gasteiger partial charge in [-0.3, -0.25) is 4.79 Å². The Morgan fingerprint density at radius 1 is 1.17 bits per heavy atom. The van der Waals surface area contributed by atoms with Crippen molar-refractivity contribution in [1.82, 2.24) is 10.2 Å². The molecular formula is C18H17N3OS. The summed E-state index contributed by atoms with van der Waals surface area (Å²) in [7, 11) is 0. The Morgan fingerprint density at radius 2 is 2.00 bits per heavy atom. The third-order valence-corrected chi connectivity index (χ3v) is 4.51. The number of thioether (sulfide) groups is 1. The number of aryl methyl sites for hydroxylation is 2. The van der Waals surface area contributed by atoms with Crippen molar-refractivity contribution in [3.8, 4) is 0 Å². The van der Waals surface area contributed by atoms with Crippen LogP contribution < -0.4 is 5.32 Å². The van der Waals surface area contributed by atoms with Crippen LogP contribution in [0.5, 0.6) is 0 Å². The summed E-state index contributed by atoms with van der Waals surface area (Å²) in [5.74, 6) is 0.257. The van der Waals surface area contributed by atoms with Crippen molar-refractivity contribution in [2.24, 2.45) is 0 Å². The van der Waals surface area contributed by atoms with E-state index < -0.39 is 0 Å². The summed E-state index contributed by atoms with van der Waals surface area (Å²) in [6.07, 6.45) is 1.73. The fourth-order valence-corrected chi connectivity index (χ4v) is 3.17. The minimum absolute atomic E-state index is 0.0447. The molecule has 0 saturated carbocycles. The molecule has 1 aromatic heterocycles. The molecule has 0 radical (unpaired) electrons. The highest BCUT2D eigenvalue weighted by Gasteiger charge is 2.09. The zero-order valence-electron chi connectivity index (χ0n) is 13.0. The minimum Gasteiger partial charge on any atom is -0.325 e. The Morgan fingerprint density at radius 3 is 2.83 bits per heavy atom. The van der Waals surface area contributed by atoms with Crippen LogP contribution in [0.25, 0.3) is 10.8 Å². The van der Waals surface area contributed by atoms with Gasteiger partial charge in [0, 0.05) is 16.5 Å². The van der Waals surface area contributed by atoms with E-state index in [1.807, 2.05) is 50.2 Å². The summed E-state index contributed by atoms with van der Waals surface area (Å²) in [5, 5.41) is 13.9. The molecule has 4 nitrogen and oxygen atoms in total. The fraction of sp³-hybridized carbons (Fsp3) is 0.167. The molecule has 0 saturated heterocycles. The molecule has 0 aliphatic carbocycles. The molecule has 1 heterocycles. The van der Waals surface area contributed by atoms with E-state index in [1.165, 1.54) is 17.3 Å². The van der Waals surface area contributed by atoms with Crippen LogP contribution in [-0.2, 0) is 4.79 Å². The van der Waals surface area contributed by atoms with E-state index in [0.717, 1.165) is 27.0 Å². The van der Waals surface area contributed by atoms with Crippen molar-refractivity contribution < 1.29 is 4.79 Å². The molecule has 116 valence electrons. The van der Waals surface area contributed by atoms with Crippen molar-refractivity contribution in [3.05, 3.63) is 59.8 Å². The van der Waals surface area contributed by atoms with Crippen LogP contribution in [0.1, 0.15) is 11.1 Å². The monoisotopic (exact) mass is 323 g/mol. The standard InChI is InChI=1S/C18H17N3OS/c1-12-7-8-16(13(2)9-12)20-17(22)11-23-18-15-6-4-3-5-14(15)10-19-21-18/h3-10H,11H2,1-2H3,(H,20,22). The van der Waals surface area contributed by atoms with Crippen molar-refractivity contribution in [2.75, 3.05) is 11.1 Å². The molecule has 0 spiro atoms. The summed E-state index contributed by atoms with van der Waals surface area (Å²) in [5.41, 5.74) is 3.10. The number of hydrogen-bond acceptors (Lipinski definition) is 4. The maximum atomic E-state index is 12.2. The summed E-state index contributed by atoms with van der Waals surface area (Å²) in [6.45, 7) is 4.03. The van der Waals surface area contributed by atoms with Gasteiger partial charge in [0.1, 0.15) is 5.03 Å². The predicted molar refractivity (Wildman–Crippen MR) is 94.8 cm³/mol. The van der Waals surface area contributed by atoms with E-state index >= 15 is 0 Å². The maximum absolute atomic E-state index is 12.2. The van der Waals surface area contributed by atoms with Gasteiger partial charge in [-0.2, -0.15) is 5.10 Å². The van der Waals surface area contributed by atoms with Crippen molar-refractivity contribution >= 4 is 34.1 Å². The zero-order valence-corrected chi connectivity index (χ0v) is 13.9. The molecule has 1 amide bonds. The molecule has 3 rings (SSSR count). The Hall–Kier alpha value is -2.40. The third-order valence-electron chi connectivity index (χ3n) is 3.53. The second-order valence-corrected chi connectivity index (χ2v) is 6.36. The maximum Gasteiger partial charge on any atom is 0.234 e. The number of amides is 1. The lowest BCUT2D eigenvalue weighted by molar-refractivity contribution is -0.113. The first kappa shape index (κ1) is 15.5. The van der Waals surface area contributed by atoms with Crippen LogP contribution in [-0.4, -0.2) is 21.9 Å². The van der Waals surface area contributed by atoms with Gasteiger partial charge in [0.2, 0.25) is 5.91 Å². The van der Waals surface area contributed by atoms with Gasteiger partial charge in [0.25, 0.3) is 0 Å². The van der Waals surface area contributed by atoms with Crippen LogP contribution >= 0.6 is 11.8 Å². The largest absolute Gasteiger partial charge is 0.325 e. The van der Waals surface area contributed by atoms with Gasteiger partial charge in [-0.25, -0.2) is 0 Å². The predicted octanol–water partition coefficient (Wildman–Crippen LogP) is 3.98.